The topological polar surface area (TPSA) is 38.3 Å². The summed E-state index contributed by atoms with van der Waals surface area (Å²) in [5.74, 6) is 0.680. The van der Waals surface area contributed by atoms with Gasteiger partial charge in [0.2, 0.25) is 0 Å². The summed E-state index contributed by atoms with van der Waals surface area (Å²) in [5, 5.41) is 3.47. The van der Waals surface area contributed by atoms with Crippen molar-refractivity contribution >= 4 is 17.5 Å². The molecular weight excluding hydrogens is 310 g/mol. The Morgan fingerprint density at radius 3 is 2.43 bits per heavy atom. The molecule has 0 spiro atoms. The van der Waals surface area contributed by atoms with E-state index < -0.39 is 6.10 Å². The molecule has 0 unspecified atom stereocenters. The van der Waals surface area contributed by atoms with Gasteiger partial charge in [-0.15, -0.1) is 0 Å². The van der Waals surface area contributed by atoms with Crippen LogP contribution in [0.15, 0.2) is 54.6 Å². The van der Waals surface area contributed by atoms with Gasteiger partial charge in [0.05, 0.1) is 5.02 Å². The summed E-state index contributed by atoms with van der Waals surface area (Å²) in [5.41, 5.74) is 1.23. The summed E-state index contributed by atoms with van der Waals surface area (Å²) in [6, 6.07) is 17.4. The van der Waals surface area contributed by atoms with E-state index in [0.717, 1.165) is 6.42 Å². The average molecular weight is 332 g/mol. The molecule has 0 saturated heterocycles. The number of carbonyl (C=O) groups is 1. The zero-order chi connectivity index (χ0) is 16.7. The Morgan fingerprint density at radius 1 is 1.13 bits per heavy atom. The van der Waals surface area contributed by atoms with Crippen LogP contribution in [-0.4, -0.2) is 18.6 Å². The summed E-state index contributed by atoms with van der Waals surface area (Å²) >= 11 is 6.05. The molecule has 0 saturated carbocycles. The second kappa shape index (κ2) is 8.59. The van der Waals surface area contributed by atoms with Gasteiger partial charge in [0, 0.05) is 12.5 Å². The first kappa shape index (κ1) is 17.4. The minimum absolute atomic E-state index is 0.140. The highest BCUT2D eigenvalue weighted by atomic mass is 35.5. The van der Waals surface area contributed by atoms with Crippen LogP contribution < -0.4 is 10.1 Å². The lowest BCUT2D eigenvalue weighted by Gasteiger charge is -2.19. The minimum Gasteiger partial charge on any atom is -0.479 e. The van der Waals surface area contributed by atoms with Crippen molar-refractivity contribution in [2.75, 3.05) is 6.54 Å². The highest BCUT2D eigenvalue weighted by molar-refractivity contribution is 6.32. The molecule has 2 aromatic carbocycles. The lowest BCUT2D eigenvalue weighted by atomic mass is 9.96. The SMILES string of the molecule is CC[C@H](CNC(=O)[C@@H](C)Oc1ccccc1Cl)c1ccccc1. The zero-order valence-electron chi connectivity index (χ0n) is 13.5. The summed E-state index contributed by atoms with van der Waals surface area (Å²) in [7, 11) is 0. The van der Waals surface area contributed by atoms with Crippen LogP contribution in [0.25, 0.3) is 0 Å². The van der Waals surface area contributed by atoms with Crippen LogP contribution in [0.3, 0.4) is 0 Å². The van der Waals surface area contributed by atoms with Crippen LogP contribution in [0.2, 0.25) is 5.02 Å². The van der Waals surface area contributed by atoms with E-state index in [1.54, 1.807) is 19.1 Å². The molecule has 0 heterocycles. The Balaban J connectivity index is 1.89. The number of amides is 1. The molecule has 0 aliphatic heterocycles. The molecule has 4 heteroatoms. The molecule has 0 fully saturated rings. The van der Waals surface area contributed by atoms with Crippen LogP contribution in [0.4, 0.5) is 0 Å². The molecule has 0 aliphatic carbocycles. The number of benzene rings is 2. The number of para-hydroxylation sites is 1. The molecule has 0 aliphatic rings. The number of rotatable bonds is 7. The standard InChI is InChI=1S/C19H22ClNO2/c1-3-15(16-9-5-4-6-10-16)13-21-19(22)14(2)23-18-12-8-7-11-17(18)20/h4-12,14-15H,3,13H2,1-2H3,(H,21,22)/t14-,15-/m1/s1. The van der Waals surface area contributed by atoms with Gasteiger partial charge in [0.25, 0.3) is 5.91 Å². The molecule has 3 nitrogen and oxygen atoms in total. The van der Waals surface area contributed by atoms with E-state index in [-0.39, 0.29) is 5.91 Å². The van der Waals surface area contributed by atoms with Gasteiger partial charge in [0.15, 0.2) is 6.10 Å². The maximum Gasteiger partial charge on any atom is 0.260 e. The Hall–Kier alpha value is -2.00. The normalized spacial score (nSPS) is 13.2. The van der Waals surface area contributed by atoms with E-state index in [0.29, 0.717) is 23.2 Å². The molecule has 1 N–H and O–H groups in total. The third kappa shape index (κ3) is 5.00. The van der Waals surface area contributed by atoms with E-state index in [1.165, 1.54) is 5.56 Å². The van der Waals surface area contributed by atoms with Crippen LogP contribution in [0, 0.1) is 0 Å². The number of halogens is 1. The minimum atomic E-state index is -0.594. The maximum absolute atomic E-state index is 12.2. The van der Waals surface area contributed by atoms with Gasteiger partial charge in [-0.25, -0.2) is 0 Å². The number of nitrogens with one attached hydrogen (secondary N) is 1. The van der Waals surface area contributed by atoms with Crippen molar-refractivity contribution in [2.45, 2.75) is 32.3 Å². The van der Waals surface area contributed by atoms with Gasteiger partial charge < -0.3 is 10.1 Å². The van der Waals surface area contributed by atoms with Crippen LogP contribution in [0.1, 0.15) is 31.7 Å². The smallest absolute Gasteiger partial charge is 0.260 e. The third-order valence-corrected chi connectivity index (χ3v) is 4.11. The van der Waals surface area contributed by atoms with Gasteiger partial charge >= 0.3 is 0 Å². The first-order valence-electron chi connectivity index (χ1n) is 7.85. The Bertz CT molecular complexity index is 630. The Kier molecular flexibility index (Phi) is 6.48. The van der Waals surface area contributed by atoms with E-state index in [9.17, 15) is 4.79 Å². The lowest BCUT2D eigenvalue weighted by molar-refractivity contribution is -0.127. The summed E-state index contributed by atoms with van der Waals surface area (Å²) in [6.07, 6.45) is 0.368. The van der Waals surface area contributed by atoms with E-state index >= 15 is 0 Å². The van der Waals surface area contributed by atoms with Crippen molar-refractivity contribution in [3.8, 4) is 5.75 Å². The summed E-state index contributed by atoms with van der Waals surface area (Å²) < 4.78 is 5.63. The van der Waals surface area contributed by atoms with Crippen molar-refractivity contribution in [3.05, 3.63) is 65.2 Å². The molecule has 122 valence electrons. The Labute approximate surface area is 142 Å². The fourth-order valence-electron chi connectivity index (χ4n) is 2.37. The van der Waals surface area contributed by atoms with Crippen LogP contribution in [0.5, 0.6) is 5.75 Å². The number of carbonyl (C=O) groups excluding carboxylic acids is 1. The van der Waals surface area contributed by atoms with Crippen molar-refractivity contribution in [2.24, 2.45) is 0 Å². The second-order valence-corrected chi connectivity index (χ2v) is 5.86. The molecule has 23 heavy (non-hydrogen) atoms. The molecule has 2 aromatic rings. The largest absolute Gasteiger partial charge is 0.479 e. The quantitative estimate of drug-likeness (QED) is 0.815. The third-order valence-electron chi connectivity index (χ3n) is 3.80. The van der Waals surface area contributed by atoms with Crippen molar-refractivity contribution in [1.29, 1.82) is 0 Å². The highest BCUT2D eigenvalue weighted by Gasteiger charge is 2.17. The van der Waals surface area contributed by atoms with Crippen molar-refractivity contribution in [1.82, 2.24) is 5.32 Å². The first-order valence-corrected chi connectivity index (χ1v) is 8.23. The molecule has 0 bridgehead atoms. The Morgan fingerprint density at radius 2 is 1.78 bits per heavy atom. The zero-order valence-corrected chi connectivity index (χ0v) is 14.2. The van der Waals surface area contributed by atoms with Gasteiger partial charge in [-0.1, -0.05) is 61.0 Å². The van der Waals surface area contributed by atoms with E-state index in [2.05, 4.69) is 24.4 Å². The monoisotopic (exact) mass is 331 g/mol. The predicted octanol–water partition coefficient (Wildman–Crippen LogP) is 4.42. The van der Waals surface area contributed by atoms with E-state index in [4.69, 9.17) is 16.3 Å². The van der Waals surface area contributed by atoms with Crippen molar-refractivity contribution in [3.63, 3.8) is 0 Å². The van der Waals surface area contributed by atoms with Gasteiger partial charge in [0.1, 0.15) is 5.75 Å². The average Bonchev–Trinajstić information content (AvgIpc) is 2.58. The molecule has 1 amide bonds. The highest BCUT2D eigenvalue weighted by Crippen LogP contribution is 2.24. The maximum atomic E-state index is 12.2. The second-order valence-electron chi connectivity index (χ2n) is 5.45. The molecule has 2 rings (SSSR count). The fourth-order valence-corrected chi connectivity index (χ4v) is 2.56. The van der Waals surface area contributed by atoms with Crippen LogP contribution >= 0.6 is 11.6 Å². The number of ether oxygens (including phenoxy) is 1. The summed E-state index contributed by atoms with van der Waals surface area (Å²) in [4.78, 5) is 12.2. The van der Waals surface area contributed by atoms with Gasteiger partial charge in [-0.2, -0.15) is 0 Å². The molecule has 0 radical (unpaired) electrons. The van der Waals surface area contributed by atoms with Gasteiger partial charge in [-0.05, 0) is 31.0 Å². The molecule has 2 atom stereocenters. The van der Waals surface area contributed by atoms with Crippen molar-refractivity contribution < 1.29 is 9.53 Å². The lowest BCUT2D eigenvalue weighted by Crippen LogP contribution is -2.38. The first-order chi connectivity index (χ1) is 11.1. The van der Waals surface area contributed by atoms with Crippen LogP contribution in [-0.2, 0) is 4.79 Å². The summed E-state index contributed by atoms with van der Waals surface area (Å²) in [6.45, 7) is 4.44. The molecular formula is C19H22ClNO2. The van der Waals surface area contributed by atoms with E-state index in [1.807, 2.05) is 30.3 Å². The molecule has 0 aromatic heterocycles. The predicted molar refractivity (Wildman–Crippen MR) is 94.0 cm³/mol. The number of hydrogen-bond donors (Lipinski definition) is 1. The van der Waals surface area contributed by atoms with Gasteiger partial charge in [-0.3, -0.25) is 4.79 Å². The number of hydrogen-bond acceptors (Lipinski definition) is 2. The fraction of sp³-hybridized carbons (Fsp3) is 0.316.